The molecule has 0 fully saturated rings. The lowest BCUT2D eigenvalue weighted by atomic mass is 10.1. The number of carbonyl (C=O) groups is 2. The highest BCUT2D eigenvalue weighted by atomic mass is 16.5. The van der Waals surface area contributed by atoms with Crippen LogP contribution in [0.5, 0.6) is 11.5 Å². The quantitative estimate of drug-likeness (QED) is 0.595. The minimum absolute atomic E-state index is 0.192. The lowest BCUT2D eigenvalue weighted by Gasteiger charge is -2.19. The van der Waals surface area contributed by atoms with E-state index >= 15 is 0 Å². The van der Waals surface area contributed by atoms with Crippen LogP contribution in [0, 0.1) is 0 Å². The van der Waals surface area contributed by atoms with Gasteiger partial charge in [-0.3, -0.25) is 14.6 Å². The van der Waals surface area contributed by atoms with Crippen LogP contribution in [0.1, 0.15) is 36.5 Å². The maximum atomic E-state index is 12.8. The van der Waals surface area contributed by atoms with Gasteiger partial charge in [-0.2, -0.15) is 0 Å². The molecule has 1 atom stereocenters. The zero-order valence-electron chi connectivity index (χ0n) is 13.8. The van der Waals surface area contributed by atoms with Crippen molar-refractivity contribution in [3.8, 4) is 11.5 Å². The monoisotopic (exact) mass is 328 g/mol. The zero-order valence-corrected chi connectivity index (χ0v) is 13.8. The minimum Gasteiger partial charge on any atom is -0.493 e. The van der Waals surface area contributed by atoms with Gasteiger partial charge in [0.2, 0.25) is 0 Å². The Morgan fingerprint density at radius 2 is 2.21 bits per heavy atom. The summed E-state index contributed by atoms with van der Waals surface area (Å²) in [6.45, 7) is 2.68. The molecule has 6 nitrogen and oxygen atoms in total. The molecule has 0 N–H and O–H groups in total. The molecule has 2 heterocycles. The van der Waals surface area contributed by atoms with Crippen molar-refractivity contribution in [1.82, 2.24) is 4.90 Å². The molecule has 0 spiro atoms. The fourth-order valence-corrected chi connectivity index (χ4v) is 2.81. The number of fused-ring (bicyclic) bond motifs is 2. The van der Waals surface area contributed by atoms with Crippen LogP contribution in [0.4, 0.5) is 5.69 Å². The zero-order chi connectivity index (χ0) is 17.1. The van der Waals surface area contributed by atoms with Crippen LogP contribution in [-0.4, -0.2) is 43.1 Å². The highest BCUT2D eigenvalue weighted by molar-refractivity contribution is 6.05. The van der Waals surface area contributed by atoms with Crippen LogP contribution in [0.3, 0.4) is 0 Å². The largest absolute Gasteiger partial charge is 0.493 e. The number of ether oxygens (including phenoxy) is 2. The second kappa shape index (κ2) is 6.86. The maximum Gasteiger partial charge on any atom is 0.260 e. The van der Waals surface area contributed by atoms with Crippen LogP contribution < -0.4 is 9.47 Å². The number of amides is 1. The third-order valence-electron chi connectivity index (χ3n) is 4.15. The third kappa shape index (κ3) is 2.91. The first-order chi connectivity index (χ1) is 11.7. The molecule has 0 radical (unpaired) electrons. The summed E-state index contributed by atoms with van der Waals surface area (Å²) >= 11 is 0. The molecule has 0 bridgehead atoms. The fourth-order valence-electron chi connectivity index (χ4n) is 2.81. The first kappa shape index (κ1) is 16.2. The highest BCUT2D eigenvalue weighted by Gasteiger charge is 2.32. The molecule has 1 aromatic rings. The number of hydrogen-bond acceptors (Lipinski definition) is 5. The third-order valence-corrected chi connectivity index (χ3v) is 4.15. The number of benzene rings is 1. The van der Waals surface area contributed by atoms with Gasteiger partial charge in [0.25, 0.3) is 5.91 Å². The molecule has 0 saturated heterocycles. The lowest BCUT2D eigenvalue weighted by molar-refractivity contribution is -0.105. The van der Waals surface area contributed by atoms with Crippen LogP contribution >= 0.6 is 0 Å². The smallest absolute Gasteiger partial charge is 0.260 e. The summed E-state index contributed by atoms with van der Waals surface area (Å²) in [5.41, 5.74) is 1.59. The van der Waals surface area contributed by atoms with Crippen LogP contribution in [0.25, 0.3) is 0 Å². The second-order valence-electron chi connectivity index (χ2n) is 5.81. The van der Waals surface area contributed by atoms with Crippen molar-refractivity contribution in [2.24, 2.45) is 4.99 Å². The van der Waals surface area contributed by atoms with Gasteiger partial charge in [0.1, 0.15) is 6.29 Å². The number of carbonyl (C=O) groups excluding carboxylic acids is 2. The summed E-state index contributed by atoms with van der Waals surface area (Å²) in [4.78, 5) is 29.8. The number of nitrogens with zero attached hydrogens (tertiary/aromatic N) is 2. The number of unbranched alkanes of at least 4 members (excludes halogenated alkanes) is 1. The van der Waals surface area contributed by atoms with E-state index in [9.17, 15) is 9.59 Å². The van der Waals surface area contributed by atoms with Gasteiger partial charge < -0.3 is 14.4 Å². The van der Waals surface area contributed by atoms with E-state index in [-0.39, 0.29) is 11.9 Å². The van der Waals surface area contributed by atoms with E-state index in [4.69, 9.17) is 9.47 Å². The van der Waals surface area contributed by atoms with E-state index in [1.165, 1.54) is 0 Å². The number of methoxy groups -OCH3 is 1. The van der Waals surface area contributed by atoms with E-state index < -0.39 is 0 Å². The van der Waals surface area contributed by atoms with Gasteiger partial charge >= 0.3 is 0 Å². The lowest BCUT2D eigenvalue weighted by Crippen LogP contribution is -2.32. The van der Waals surface area contributed by atoms with E-state index in [2.05, 4.69) is 11.9 Å². The fraction of sp³-hybridized carbons (Fsp3) is 0.389. The molecule has 6 heteroatoms. The van der Waals surface area contributed by atoms with Crippen LogP contribution in [0.2, 0.25) is 0 Å². The van der Waals surface area contributed by atoms with Crippen molar-refractivity contribution in [3.05, 3.63) is 29.5 Å². The normalized spacial score (nSPS) is 18.6. The molecule has 0 aromatic heterocycles. The number of aldehydes is 1. The molecule has 1 unspecified atom stereocenters. The Labute approximate surface area is 140 Å². The van der Waals surface area contributed by atoms with Crippen LogP contribution in [-0.2, 0) is 4.79 Å². The summed E-state index contributed by atoms with van der Waals surface area (Å²) in [5, 5.41) is 0. The SMILES string of the molecule is CCCCOc1cc2c(cc1OC)C(=O)N1C=C(C=O)CC1C=N2. The number of hydrogen-bond donors (Lipinski definition) is 0. The first-order valence-corrected chi connectivity index (χ1v) is 8.05. The summed E-state index contributed by atoms with van der Waals surface area (Å²) in [7, 11) is 1.54. The van der Waals surface area contributed by atoms with Gasteiger partial charge in [-0.15, -0.1) is 0 Å². The van der Waals surface area contributed by atoms with Crippen molar-refractivity contribution < 1.29 is 19.1 Å². The standard InChI is InChI=1S/C18H20N2O4/c1-3-4-5-24-17-8-15-14(7-16(17)23-2)18(22)20-10-12(11-21)6-13(20)9-19-15/h7-11,13H,3-6H2,1-2H3. The van der Waals surface area contributed by atoms with Crippen molar-refractivity contribution >= 4 is 24.1 Å². The van der Waals surface area contributed by atoms with Gasteiger partial charge in [0.05, 0.1) is 31.0 Å². The molecule has 2 aliphatic rings. The molecule has 1 amide bonds. The van der Waals surface area contributed by atoms with Gasteiger partial charge in [-0.05, 0) is 12.5 Å². The second-order valence-corrected chi connectivity index (χ2v) is 5.81. The van der Waals surface area contributed by atoms with Gasteiger partial charge in [0.15, 0.2) is 11.5 Å². The first-order valence-electron chi connectivity index (χ1n) is 8.05. The highest BCUT2D eigenvalue weighted by Crippen LogP contribution is 2.38. The Morgan fingerprint density at radius 3 is 2.92 bits per heavy atom. The summed E-state index contributed by atoms with van der Waals surface area (Å²) in [5.74, 6) is 0.897. The molecule has 0 saturated carbocycles. The summed E-state index contributed by atoms with van der Waals surface area (Å²) in [6, 6.07) is 3.18. The van der Waals surface area contributed by atoms with Gasteiger partial charge in [-0.1, -0.05) is 13.3 Å². The van der Waals surface area contributed by atoms with E-state index in [0.717, 1.165) is 19.1 Å². The van der Waals surface area contributed by atoms with E-state index in [0.29, 0.717) is 41.4 Å². The topological polar surface area (TPSA) is 68.2 Å². The Hall–Kier alpha value is -2.63. The Balaban J connectivity index is 1.96. The van der Waals surface area contributed by atoms with Gasteiger partial charge in [-0.25, -0.2) is 0 Å². The summed E-state index contributed by atoms with van der Waals surface area (Å²) in [6.07, 6.45) is 6.55. The number of rotatable bonds is 6. The van der Waals surface area contributed by atoms with Gasteiger partial charge in [0, 0.05) is 30.5 Å². The molecular weight excluding hydrogens is 308 g/mol. The summed E-state index contributed by atoms with van der Waals surface area (Å²) < 4.78 is 11.1. The predicted molar refractivity (Wildman–Crippen MR) is 90.3 cm³/mol. The number of aliphatic imine (C=N–C) groups is 1. The Kier molecular flexibility index (Phi) is 4.64. The van der Waals surface area contributed by atoms with Crippen molar-refractivity contribution in [2.75, 3.05) is 13.7 Å². The molecule has 24 heavy (non-hydrogen) atoms. The Morgan fingerprint density at radius 1 is 1.38 bits per heavy atom. The molecule has 0 aliphatic carbocycles. The minimum atomic E-state index is -0.222. The van der Waals surface area contributed by atoms with Crippen molar-refractivity contribution in [2.45, 2.75) is 32.2 Å². The van der Waals surface area contributed by atoms with E-state index in [1.807, 2.05) is 0 Å². The molecule has 1 aromatic carbocycles. The Bertz CT molecular complexity index is 724. The molecule has 3 rings (SSSR count). The predicted octanol–water partition coefficient (Wildman–Crippen LogP) is 2.89. The average Bonchev–Trinajstić information content (AvgIpc) is 2.98. The van der Waals surface area contributed by atoms with Crippen molar-refractivity contribution in [1.29, 1.82) is 0 Å². The molecule has 2 aliphatic heterocycles. The van der Waals surface area contributed by atoms with Crippen molar-refractivity contribution in [3.63, 3.8) is 0 Å². The average molecular weight is 328 g/mol. The maximum absolute atomic E-state index is 12.8. The molecular formula is C18H20N2O4. The van der Waals surface area contributed by atoms with E-state index in [1.54, 1.807) is 36.6 Å². The van der Waals surface area contributed by atoms with Crippen LogP contribution in [0.15, 0.2) is 28.9 Å². The molecule has 126 valence electrons.